The van der Waals surface area contributed by atoms with E-state index >= 15 is 0 Å². The molecule has 3 aromatic rings. The highest BCUT2D eigenvalue weighted by Gasteiger charge is 2.05. The maximum atomic E-state index is 8.99. The van der Waals surface area contributed by atoms with Gasteiger partial charge in [-0.1, -0.05) is 35.9 Å². The average Bonchev–Trinajstić information content (AvgIpc) is 2.61. The Hall–Kier alpha value is -3.10. The van der Waals surface area contributed by atoms with Crippen LogP contribution in [-0.2, 0) is 6.54 Å². The van der Waals surface area contributed by atoms with Gasteiger partial charge in [-0.05, 0) is 36.8 Å². The number of nitrogens with zero attached hydrogens (tertiary/aromatic N) is 3. The first-order valence-electron chi connectivity index (χ1n) is 7.74. The van der Waals surface area contributed by atoms with Crippen LogP contribution in [0.25, 0.3) is 0 Å². The van der Waals surface area contributed by atoms with Gasteiger partial charge < -0.3 is 10.6 Å². The topological polar surface area (TPSA) is 73.6 Å². The first-order valence-corrected chi connectivity index (χ1v) is 8.12. The summed E-state index contributed by atoms with van der Waals surface area (Å²) >= 11 is 6.18. The van der Waals surface area contributed by atoms with Gasteiger partial charge in [-0.3, -0.25) is 0 Å². The van der Waals surface area contributed by atoms with Crippen LogP contribution >= 0.6 is 11.6 Å². The Labute approximate surface area is 151 Å². The van der Waals surface area contributed by atoms with Gasteiger partial charge in [0, 0.05) is 29.0 Å². The Morgan fingerprint density at radius 3 is 2.72 bits per heavy atom. The Morgan fingerprint density at radius 2 is 1.92 bits per heavy atom. The van der Waals surface area contributed by atoms with Gasteiger partial charge >= 0.3 is 0 Å². The molecule has 0 fully saturated rings. The molecule has 6 heteroatoms. The van der Waals surface area contributed by atoms with Gasteiger partial charge in [-0.2, -0.15) is 10.2 Å². The first-order chi connectivity index (χ1) is 12.1. The predicted molar refractivity (Wildman–Crippen MR) is 100.0 cm³/mol. The summed E-state index contributed by atoms with van der Waals surface area (Å²) < 4.78 is 0. The fourth-order valence-electron chi connectivity index (χ4n) is 2.34. The van der Waals surface area contributed by atoms with Gasteiger partial charge in [0.15, 0.2) is 0 Å². The Balaban J connectivity index is 1.76. The summed E-state index contributed by atoms with van der Waals surface area (Å²) in [6, 6.07) is 18.8. The molecule has 0 aliphatic heterocycles. The lowest BCUT2D eigenvalue weighted by Crippen LogP contribution is -2.06. The number of nitriles is 1. The van der Waals surface area contributed by atoms with Crippen molar-refractivity contribution in [1.82, 2.24) is 9.97 Å². The number of nitrogens with one attached hydrogen (secondary N) is 2. The molecule has 2 aromatic carbocycles. The zero-order valence-corrected chi connectivity index (χ0v) is 14.4. The van der Waals surface area contributed by atoms with Crippen molar-refractivity contribution >= 4 is 29.1 Å². The number of halogens is 1. The van der Waals surface area contributed by atoms with Crippen LogP contribution in [0.15, 0.2) is 54.6 Å². The van der Waals surface area contributed by atoms with Crippen LogP contribution < -0.4 is 10.6 Å². The Bertz CT molecular complexity index is 933. The summed E-state index contributed by atoms with van der Waals surface area (Å²) in [7, 11) is 0. The number of aryl methyl sites for hydroxylation is 1. The van der Waals surface area contributed by atoms with Gasteiger partial charge in [0.1, 0.15) is 5.82 Å². The molecule has 0 saturated carbocycles. The molecule has 0 saturated heterocycles. The molecule has 124 valence electrons. The third-order valence-electron chi connectivity index (χ3n) is 3.52. The molecule has 0 atom stereocenters. The molecule has 0 aliphatic rings. The maximum absolute atomic E-state index is 8.99. The van der Waals surface area contributed by atoms with E-state index in [2.05, 4.69) is 26.7 Å². The minimum atomic E-state index is 0.469. The van der Waals surface area contributed by atoms with Crippen molar-refractivity contribution in [2.24, 2.45) is 0 Å². The summed E-state index contributed by atoms with van der Waals surface area (Å²) in [5.41, 5.74) is 3.17. The fourth-order valence-corrected chi connectivity index (χ4v) is 2.54. The third-order valence-corrected chi connectivity index (χ3v) is 3.89. The van der Waals surface area contributed by atoms with Gasteiger partial charge in [-0.25, -0.2) is 4.98 Å². The molecular formula is C19H16ClN5. The number of benzene rings is 2. The number of anilines is 3. The largest absolute Gasteiger partial charge is 0.366 e. The van der Waals surface area contributed by atoms with Crippen molar-refractivity contribution in [1.29, 1.82) is 5.26 Å². The van der Waals surface area contributed by atoms with Crippen molar-refractivity contribution in [2.75, 3.05) is 10.6 Å². The summed E-state index contributed by atoms with van der Waals surface area (Å²) in [6.45, 7) is 2.47. The van der Waals surface area contributed by atoms with E-state index in [4.69, 9.17) is 16.9 Å². The number of rotatable bonds is 5. The predicted octanol–water partition coefficient (Wildman–Crippen LogP) is 4.67. The highest BCUT2D eigenvalue weighted by molar-refractivity contribution is 6.31. The minimum Gasteiger partial charge on any atom is -0.366 e. The van der Waals surface area contributed by atoms with Gasteiger partial charge in [0.2, 0.25) is 5.95 Å². The number of aromatic nitrogens is 2. The molecule has 0 bridgehead atoms. The van der Waals surface area contributed by atoms with E-state index in [0.29, 0.717) is 28.9 Å². The van der Waals surface area contributed by atoms with Crippen molar-refractivity contribution in [3.05, 3.63) is 76.4 Å². The second kappa shape index (κ2) is 7.65. The van der Waals surface area contributed by atoms with E-state index in [1.54, 1.807) is 12.1 Å². The van der Waals surface area contributed by atoms with E-state index in [-0.39, 0.29) is 0 Å². The summed E-state index contributed by atoms with van der Waals surface area (Å²) in [4.78, 5) is 8.86. The van der Waals surface area contributed by atoms with Crippen LogP contribution in [0.5, 0.6) is 0 Å². The lowest BCUT2D eigenvalue weighted by Gasteiger charge is -2.11. The SMILES string of the molecule is Cc1cc(NCc2ccccc2Cl)nc(Nc2cccc(C#N)c2)n1. The molecule has 0 radical (unpaired) electrons. The molecule has 1 heterocycles. The second-order valence-electron chi connectivity index (χ2n) is 5.48. The van der Waals surface area contributed by atoms with Gasteiger partial charge in [-0.15, -0.1) is 0 Å². The Kier molecular flexibility index (Phi) is 5.12. The van der Waals surface area contributed by atoms with Crippen molar-refractivity contribution in [3.63, 3.8) is 0 Å². The Morgan fingerprint density at radius 1 is 1.08 bits per heavy atom. The molecule has 2 N–H and O–H groups in total. The smallest absolute Gasteiger partial charge is 0.229 e. The normalized spacial score (nSPS) is 10.1. The minimum absolute atomic E-state index is 0.469. The molecule has 0 aliphatic carbocycles. The highest BCUT2D eigenvalue weighted by Crippen LogP contribution is 2.19. The van der Waals surface area contributed by atoms with E-state index in [1.807, 2.05) is 49.4 Å². The molecule has 5 nitrogen and oxygen atoms in total. The van der Waals surface area contributed by atoms with Crippen LogP contribution in [0.2, 0.25) is 5.02 Å². The van der Waals surface area contributed by atoms with Crippen molar-refractivity contribution < 1.29 is 0 Å². The van der Waals surface area contributed by atoms with E-state index in [0.717, 1.165) is 16.9 Å². The number of hydrogen-bond donors (Lipinski definition) is 2. The van der Waals surface area contributed by atoms with Crippen LogP contribution in [0, 0.1) is 18.3 Å². The second-order valence-corrected chi connectivity index (χ2v) is 5.89. The zero-order chi connectivity index (χ0) is 17.6. The maximum Gasteiger partial charge on any atom is 0.229 e. The molecule has 1 aromatic heterocycles. The first kappa shape index (κ1) is 16.7. The summed E-state index contributed by atoms with van der Waals surface area (Å²) in [5, 5.41) is 16.1. The van der Waals surface area contributed by atoms with Crippen LogP contribution in [-0.4, -0.2) is 9.97 Å². The van der Waals surface area contributed by atoms with E-state index in [9.17, 15) is 0 Å². The average molecular weight is 350 g/mol. The highest BCUT2D eigenvalue weighted by atomic mass is 35.5. The quantitative estimate of drug-likeness (QED) is 0.700. The lowest BCUT2D eigenvalue weighted by molar-refractivity contribution is 1.06. The lowest BCUT2D eigenvalue weighted by atomic mass is 10.2. The van der Waals surface area contributed by atoms with E-state index in [1.165, 1.54) is 0 Å². The van der Waals surface area contributed by atoms with Crippen molar-refractivity contribution in [3.8, 4) is 6.07 Å². The third kappa shape index (κ3) is 4.46. The molecular weight excluding hydrogens is 334 g/mol. The summed E-state index contributed by atoms with van der Waals surface area (Å²) in [6.07, 6.45) is 0. The van der Waals surface area contributed by atoms with Crippen molar-refractivity contribution in [2.45, 2.75) is 13.5 Å². The zero-order valence-electron chi connectivity index (χ0n) is 13.6. The van der Waals surface area contributed by atoms with Crippen LogP contribution in [0.4, 0.5) is 17.5 Å². The van der Waals surface area contributed by atoms with Gasteiger partial charge in [0.25, 0.3) is 0 Å². The van der Waals surface area contributed by atoms with E-state index < -0.39 is 0 Å². The fraction of sp³-hybridized carbons (Fsp3) is 0.105. The molecule has 0 unspecified atom stereocenters. The standard InChI is InChI=1S/C19H16ClN5/c1-13-9-18(22-12-15-6-2-3-8-17(15)20)25-19(23-13)24-16-7-4-5-14(10-16)11-21/h2-10H,12H2,1H3,(H2,22,23,24,25). The summed E-state index contributed by atoms with van der Waals surface area (Å²) in [5.74, 6) is 1.17. The molecule has 0 spiro atoms. The molecule has 0 amide bonds. The van der Waals surface area contributed by atoms with Crippen LogP contribution in [0.3, 0.4) is 0 Å². The monoisotopic (exact) mass is 349 g/mol. The molecule has 25 heavy (non-hydrogen) atoms. The van der Waals surface area contributed by atoms with Gasteiger partial charge in [0.05, 0.1) is 11.6 Å². The number of hydrogen-bond acceptors (Lipinski definition) is 5. The molecule has 3 rings (SSSR count). The van der Waals surface area contributed by atoms with Crippen LogP contribution in [0.1, 0.15) is 16.8 Å².